The largest absolute Gasteiger partial charge is 0.463 e. The zero-order valence-electron chi connectivity index (χ0n) is 14.6. The second-order valence-corrected chi connectivity index (χ2v) is 6.08. The predicted molar refractivity (Wildman–Crippen MR) is 104 cm³/mol. The van der Waals surface area contributed by atoms with Crippen LogP contribution in [0.25, 0.3) is 22.1 Å². The molecule has 0 N–H and O–H groups in total. The number of hydrogen-bond donors (Lipinski definition) is 0. The van der Waals surface area contributed by atoms with Crippen molar-refractivity contribution in [2.24, 2.45) is 0 Å². The van der Waals surface area contributed by atoms with Gasteiger partial charge in [-0.05, 0) is 35.9 Å². The number of carbonyl (C=O) groups is 1. The standard InChI is InChI=1S/C23H13NO4/c24-13-15-5-4-8-17(11-15)23(26)28-18-9-10-19-21(12-18)27-14-20(22(19)25)16-6-2-1-3-7-16/h1-12,14H. The summed E-state index contributed by atoms with van der Waals surface area (Å²) in [4.78, 5) is 25.1. The van der Waals surface area contributed by atoms with E-state index in [1.165, 1.54) is 18.4 Å². The van der Waals surface area contributed by atoms with Gasteiger partial charge >= 0.3 is 5.97 Å². The third-order valence-electron chi connectivity index (χ3n) is 4.27. The molecule has 0 fully saturated rings. The van der Waals surface area contributed by atoms with Gasteiger partial charge < -0.3 is 9.15 Å². The first-order chi connectivity index (χ1) is 13.7. The highest BCUT2D eigenvalue weighted by atomic mass is 16.5. The molecule has 0 saturated carbocycles. The van der Waals surface area contributed by atoms with E-state index in [1.807, 2.05) is 36.4 Å². The van der Waals surface area contributed by atoms with Crippen molar-refractivity contribution in [2.75, 3.05) is 0 Å². The Morgan fingerprint density at radius 1 is 0.964 bits per heavy atom. The average molecular weight is 367 g/mol. The first kappa shape index (κ1) is 17.3. The minimum absolute atomic E-state index is 0.160. The van der Waals surface area contributed by atoms with Gasteiger partial charge in [0.15, 0.2) is 5.43 Å². The van der Waals surface area contributed by atoms with Crippen molar-refractivity contribution in [2.45, 2.75) is 0 Å². The van der Waals surface area contributed by atoms with Gasteiger partial charge in [0.2, 0.25) is 0 Å². The minimum atomic E-state index is -0.597. The maximum Gasteiger partial charge on any atom is 0.343 e. The second kappa shape index (κ2) is 7.22. The molecule has 0 saturated heterocycles. The zero-order chi connectivity index (χ0) is 19.5. The highest BCUT2D eigenvalue weighted by Gasteiger charge is 2.13. The average Bonchev–Trinajstić information content (AvgIpc) is 2.74. The highest BCUT2D eigenvalue weighted by molar-refractivity contribution is 5.92. The number of hydrogen-bond acceptors (Lipinski definition) is 5. The Balaban J connectivity index is 1.66. The molecule has 4 aromatic rings. The smallest absolute Gasteiger partial charge is 0.343 e. The molecule has 0 spiro atoms. The molecule has 134 valence electrons. The Kier molecular flexibility index (Phi) is 4.45. The molecule has 5 heteroatoms. The van der Waals surface area contributed by atoms with Crippen LogP contribution in [-0.4, -0.2) is 5.97 Å². The van der Waals surface area contributed by atoms with E-state index in [9.17, 15) is 9.59 Å². The van der Waals surface area contributed by atoms with Crippen molar-refractivity contribution >= 4 is 16.9 Å². The van der Waals surface area contributed by atoms with Crippen LogP contribution >= 0.6 is 0 Å². The summed E-state index contributed by atoms with van der Waals surface area (Å²) in [6.07, 6.45) is 1.40. The number of nitriles is 1. The SMILES string of the molecule is N#Cc1cccc(C(=O)Oc2ccc3c(=O)c(-c4ccccc4)coc3c2)c1. The fourth-order valence-electron chi connectivity index (χ4n) is 2.87. The molecule has 0 amide bonds. The Hall–Kier alpha value is -4.17. The molecule has 0 aliphatic rings. The molecule has 0 aliphatic carbocycles. The third-order valence-corrected chi connectivity index (χ3v) is 4.27. The van der Waals surface area contributed by atoms with Crippen molar-refractivity contribution in [3.8, 4) is 22.9 Å². The van der Waals surface area contributed by atoms with Crippen molar-refractivity contribution < 1.29 is 13.9 Å². The summed E-state index contributed by atoms with van der Waals surface area (Å²) in [6.45, 7) is 0. The predicted octanol–water partition coefficient (Wildman–Crippen LogP) is 4.55. The van der Waals surface area contributed by atoms with E-state index in [0.717, 1.165) is 5.56 Å². The molecule has 0 bridgehead atoms. The van der Waals surface area contributed by atoms with E-state index in [-0.39, 0.29) is 16.7 Å². The van der Waals surface area contributed by atoms with Crippen LogP contribution in [0.1, 0.15) is 15.9 Å². The molecule has 1 aromatic heterocycles. The van der Waals surface area contributed by atoms with Gasteiger partial charge in [0.25, 0.3) is 0 Å². The molecular formula is C23H13NO4. The van der Waals surface area contributed by atoms with Crippen LogP contribution in [-0.2, 0) is 0 Å². The van der Waals surface area contributed by atoms with Crippen LogP contribution < -0.4 is 10.2 Å². The summed E-state index contributed by atoms with van der Waals surface area (Å²) < 4.78 is 11.0. The molecule has 5 nitrogen and oxygen atoms in total. The number of ether oxygens (including phenoxy) is 1. The van der Waals surface area contributed by atoms with Crippen LogP contribution in [0.4, 0.5) is 0 Å². The number of fused-ring (bicyclic) bond motifs is 1. The fraction of sp³-hybridized carbons (Fsp3) is 0. The molecule has 4 rings (SSSR count). The van der Waals surface area contributed by atoms with Gasteiger partial charge in [0, 0.05) is 6.07 Å². The molecule has 0 radical (unpaired) electrons. The van der Waals surface area contributed by atoms with E-state index in [4.69, 9.17) is 14.4 Å². The molecule has 28 heavy (non-hydrogen) atoms. The van der Waals surface area contributed by atoms with E-state index in [0.29, 0.717) is 22.1 Å². The molecule has 0 aliphatic heterocycles. The van der Waals surface area contributed by atoms with Gasteiger partial charge in [-0.15, -0.1) is 0 Å². The lowest BCUT2D eigenvalue weighted by molar-refractivity contribution is 0.0735. The van der Waals surface area contributed by atoms with Crippen molar-refractivity contribution in [1.82, 2.24) is 0 Å². The maximum absolute atomic E-state index is 12.8. The third kappa shape index (κ3) is 3.27. The van der Waals surface area contributed by atoms with Crippen LogP contribution in [0.3, 0.4) is 0 Å². The van der Waals surface area contributed by atoms with Gasteiger partial charge in [-0.1, -0.05) is 36.4 Å². The highest BCUT2D eigenvalue weighted by Crippen LogP contribution is 2.23. The van der Waals surface area contributed by atoms with Gasteiger partial charge in [-0.2, -0.15) is 5.26 Å². The number of esters is 1. The Labute approximate surface area is 160 Å². The first-order valence-corrected chi connectivity index (χ1v) is 8.49. The summed E-state index contributed by atoms with van der Waals surface area (Å²) >= 11 is 0. The number of carbonyl (C=O) groups excluding carboxylic acids is 1. The Morgan fingerprint density at radius 2 is 1.79 bits per heavy atom. The summed E-state index contributed by atoms with van der Waals surface area (Å²) in [5.74, 6) is -0.352. The van der Waals surface area contributed by atoms with E-state index in [2.05, 4.69) is 0 Å². The Bertz CT molecular complexity index is 1280. The molecular weight excluding hydrogens is 354 g/mol. The van der Waals surface area contributed by atoms with E-state index < -0.39 is 5.97 Å². The molecule has 0 atom stereocenters. The van der Waals surface area contributed by atoms with Gasteiger partial charge in [0.05, 0.1) is 28.1 Å². The monoisotopic (exact) mass is 367 g/mol. The van der Waals surface area contributed by atoms with Crippen molar-refractivity contribution in [1.29, 1.82) is 5.26 Å². The van der Waals surface area contributed by atoms with Gasteiger partial charge in [0.1, 0.15) is 17.6 Å². The minimum Gasteiger partial charge on any atom is -0.463 e. The molecule has 0 unspecified atom stereocenters. The number of nitrogens with zero attached hydrogens (tertiary/aromatic N) is 1. The normalized spacial score (nSPS) is 10.4. The van der Waals surface area contributed by atoms with Crippen LogP contribution in [0.15, 0.2) is 88.3 Å². The lowest BCUT2D eigenvalue weighted by Crippen LogP contribution is -2.09. The molecule has 1 heterocycles. The van der Waals surface area contributed by atoms with E-state index in [1.54, 1.807) is 30.3 Å². The first-order valence-electron chi connectivity index (χ1n) is 8.49. The summed E-state index contributed by atoms with van der Waals surface area (Å²) in [7, 11) is 0. The van der Waals surface area contributed by atoms with Gasteiger partial charge in [-0.25, -0.2) is 4.79 Å². The second-order valence-electron chi connectivity index (χ2n) is 6.08. The van der Waals surface area contributed by atoms with Crippen LogP contribution in [0.2, 0.25) is 0 Å². The Morgan fingerprint density at radius 3 is 2.57 bits per heavy atom. The van der Waals surface area contributed by atoms with Crippen molar-refractivity contribution in [3.63, 3.8) is 0 Å². The van der Waals surface area contributed by atoms with Crippen LogP contribution in [0.5, 0.6) is 5.75 Å². The van der Waals surface area contributed by atoms with Crippen molar-refractivity contribution in [3.05, 3.63) is 100 Å². The fourth-order valence-corrected chi connectivity index (χ4v) is 2.87. The number of rotatable bonds is 3. The maximum atomic E-state index is 12.8. The lowest BCUT2D eigenvalue weighted by Gasteiger charge is -2.06. The summed E-state index contributed by atoms with van der Waals surface area (Å²) in [5, 5.41) is 9.33. The zero-order valence-corrected chi connectivity index (χ0v) is 14.6. The summed E-state index contributed by atoms with van der Waals surface area (Å²) in [5.41, 5.74) is 2.03. The lowest BCUT2D eigenvalue weighted by atomic mass is 10.1. The molecule has 3 aromatic carbocycles. The van der Waals surface area contributed by atoms with Crippen LogP contribution in [0, 0.1) is 11.3 Å². The topological polar surface area (TPSA) is 80.3 Å². The summed E-state index contributed by atoms with van der Waals surface area (Å²) in [6, 6.07) is 22.1. The van der Waals surface area contributed by atoms with E-state index >= 15 is 0 Å². The van der Waals surface area contributed by atoms with Gasteiger partial charge in [-0.3, -0.25) is 4.79 Å². The number of benzene rings is 3. The quantitative estimate of drug-likeness (QED) is 0.392.